The van der Waals surface area contributed by atoms with Gasteiger partial charge in [-0.05, 0) is 12.1 Å². The van der Waals surface area contributed by atoms with Crippen molar-refractivity contribution in [3.63, 3.8) is 0 Å². The van der Waals surface area contributed by atoms with Gasteiger partial charge in [0.15, 0.2) is 5.78 Å². The number of halogens is 2. The van der Waals surface area contributed by atoms with Crippen molar-refractivity contribution < 1.29 is 14.4 Å². The topological polar surface area (TPSA) is 55.1 Å². The van der Waals surface area contributed by atoms with Crippen LogP contribution in [0, 0.1) is 0 Å². The lowest BCUT2D eigenvalue weighted by Gasteiger charge is -2.08. The zero-order chi connectivity index (χ0) is 18.2. The van der Waals surface area contributed by atoms with Crippen molar-refractivity contribution in [3.05, 3.63) is 27.7 Å². The second kappa shape index (κ2) is 5.53. The van der Waals surface area contributed by atoms with Gasteiger partial charge < -0.3 is 11.1 Å². The summed E-state index contributed by atoms with van der Waals surface area (Å²) in [6.45, 7) is -7.04. The van der Waals surface area contributed by atoms with Gasteiger partial charge in [0.2, 0.25) is 0 Å². The SMILES string of the molecule is [2H]C([2H])([2H])C([2H])(NCC(=O)c1cc(Cl)c(N)c(Cl)c1)C([2H])([2H])[2H]. The fraction of sp³-hybridized carbons (Fsp3) is 0.364. The van der Waals surface area contributed by atoms with Crippen LogP contribution in [0.25, 0.3) is 0 Å². The van der Waals surface area contributed by atoms with Gasteiger partial charge in [0.1, 0.15) is 0 Å². The number of Topliss-reactive ketones (excluding diaryl/α,β-unsaturated/α-hetero) is 1. The Hall–Kier alpha value is -0.770. The highest BCUT2D eigenvalue weighted by Crippen LogP contribution is 2.28. The Morgan fingerprint density at radius 2 is 2.12 bits per heavy atom. The van der Waals surface area contributed by atoms with Crippen LogP contribution in [-0.2, 0) is 0 Å². The number of carbonyl (C=O) groups is 1. The first-order valence-corrected chi connectivity index (χ1v) is 4.99. The van der Waals surface area contributed by atoms with E-state index in [9.17, 15) is 4.79 Å². The fourth-order valence-electron chi connectivity index (χ4n) is 1.02. The second-order valence-electron chi connectivity index (χ2n) is 3.01. The maximum Gasteiger partial charge on any atom is 0.176 e. The molecule has 0 fully saturated rings. The first-order valence-electron chi connectivity index (χ1n) is 7.73. The molecule has 5 heteroatoms. The summed E-state index contributed by atoms with van der Waals surface area (Å²) >= 11 is 11.6. The summed E-state index contributed by atoms with van der Waals surface area (Å²) < 4.78 is 51.2. The Morgan fingerprint density at radius 3 is 2.62 bits per heavy atom. The lowest BCUT2D eigenvalue weighted by Crippen LogP contribution is -2.29. The molecule has 0 aliphatic carbocycles. The predicted octanol–water partition coefficient (Wildman–Crippen LogP) is 2.76. The average Bonchev–Trinajstić information content (AvgIpc) is 2.38. The largest absolute Gasteiger partial charge is 0.396 e. The molecule has 0 heterocycles. The molecular formula is C11H14Cl2N2O. The van der Waals surface area contributed by atoms with Gasteiger partial charge in [-0.1, -0.05) is 36.9 Å². The first kappa shape index (κ1) is 6.24. The molecule has 16 heavy (non-hydrogen) atoms. The highest BCUT2D eigenvalue weighted by atomic mass is 35.5. The normalized spacial score (nSPS) is 19.5. The second-order valence-corrected chi connectivity index (χ2v) is 3.82. The first-order chi connectivity index (χ1) is 10.2. The Kier molecular flexibility index (Phi) is 2.16. The van der Waals surface area contributed by atoms with Crippen molar-refractivity contribution in [2.24, 2.45) is 0 Å². The molecule has 0 aliphatic heterocycles. The average molecular weight is 268 g/mol. The molecule has 1 aromatic rings. The number of hydrogen-bond acceptors (Lipinski definition) is 3. The molecule has 0 unspecified atom stereocenters. The van der Waals surface area contributed by atoms with E-state index in [4.69, 9.17) is 38.5 Å². The minimum Gasteiger partial charge on any atom is -0.396 e. The molecule has 1 aromatic carbocycles. The van der Waals surface area contributed by atoms with E-state index in [2.05, 4.69) is 0 Å². The predicted molar refractivity (Wildman–Crippen MR) is 68.3 cm³/mol. The van der Waals surface area contributed by atoms with Crippen LogP contribution in [0.5, 0.6) is 0 Å². The van der Waals surface area contributed by atoms with Crippen LogP contribution in [-0.4, -0.2) is 18.3 Å². The number of anilines is 1. The maximum absolute atomic E-state index is 12.1. The van der Waals surface area contributed by atoms with Crippen molar-refractivity contribution in [1.29, 1.82) is 0 Å². The highest BCUT2D eigenvalue weighted by Gasteiger charge is 2.11. The smallest absolute Gasteiger partial charge is 0.176 e. The van der Waals surface area contributed by atoms with Gasteiger partial charge >= 0.3 is 0 Å². The molecule has 0 radical (unpaired) electrons. The third kappa shape index (κ3) is 3.37. The summed E-state index contributed by atoms with van der Waals surface area (Å²) in [6, 6.07) is -0.538. The molecule has 3 N–H and O–H groups in total. The molecule has 88 valence electrons. The molecular weight excluding hydrogens is 247 g/mol. The van der Waals surface area contributed by atoms with E-state index in [0.29, 0.717) is 0 Å². The zero-order valence-corrected chi connectivity index (χ0v) is 9.62. The molecule has 0 amide bonds. The van der Waals surface area contributed by atoms with E-state index in [1.807, 2.05) is 5.32 Å². The van der Waals surface area contributed by atoms with Crippen molar-refractivity contribution in [2.45, 2.75) is 19.7 Å². The van der Waals surface area contributed by atoms with Crippen LogP contribution in [0.1, 0.15) is 33.7 Å². The Bertz CT molecular complexity index is 578. The number of carbonyl (C=O) groups excluding carboxylic acids is 1. The molecule has 0 saturated carbocycles. The van der Waals surface area contributed by atoms with E-state index in [1.165, 1.54) is 12.1 Å². The highest BCUT2D eigenvalue weighted by molar-refractivity contribution is 6.39. The molecule has 0 saturated heterocycles. The number of nitrogens with two attached hydrogens (primary N) is 1. The van der Waals surface area contributed by atoms with E-state index in [-0.39, 0.29) is 21.3 Å². The number of nitrogens with one attached hydrogen (secondary N) is 1. The van der Waals surface area contributed by atoms with Gasteiger partial charge in [-0.2, -0.15) is 0 Å². The lowest BCUT2D eigenvalue weighted by molar-refractivity contribution is 0.0988. The zero-order valence-electron chi connectivity index (χ0n) is 15.1. The van der Waals surface area contributed by atoms with Crippen LogP contribution in [0.4, 0.5) is 5.69 Å². The number of benzene rings is 1. The fourth-order valence-corrected chi connectivity index (χ4v) is 1.50. The van der Waals surface area contributed by atoms with Gasteiger partial charge in [0.05, 0.1) is 22.3 Å². The number of rotatable bonds is 4. The van der Waals surface area contributed by atoms with E-state index < -0.39 is 32.0 Å². The van der Waals surface area contributed by atoms with Crippen molar-refractivity contribution in [2.75, 3.05) is 12.3 Å². The van der Waals surface area contributed by atoms with Crippen LogP contribution in [0.2, 0.25) is 10.0 Å². The van der Waals surface area contributed by atoms with Gasteiger partial charge in [0, 0.05) is 21.2 Å². The molecule has 0 aliphatic rings. The van der Waals surface area contributed by atoms with Gasteiger partial charge in [0.25, 0.3) is 0 Å². The van der Waals surface area contributed by atoms with E-state index in [0.717, 1.165) is 0 Å². The monoisotopic (exact) mass is 267 g/mol. The third-order valence-corrected chi connectivity index (χ3v) is 2.45. The van der Waals surface area contributed by atoms with Crippen molar-refractivity contribution in [1.82, 2.24) is 5.32 Å². The van der Waals surface area contributed by atoms with Crippen LogP contribution < -0.4 is 11.1 Å². The van der Waals surface area contributed by atoms with E-state index in [1.54, 1.807) is 0 Å². The summed E-state index contributed by atoms with van der Waals surface area (Å²) in [5.74, 6) is -0.682. The minimum absolute atomic E-state index is 0.0140. The number of hydrogen-bond donors (Lipinski definition) is 2. The van der Waals surface area contributed by atoms with Crippen molar-refractivity contribution >= 4 is 34.7 Å². The summed E-state index contributed by atoms with van der Waals surface area (Å²) in [7, 11) is 0. The molecule has 0 spiro atoms. The molecule has 1 rings (SSSR count). The number of ketones is 1. The van der Waals surface area contributed by atoms with Crippen LogP contribution in [0.15, 0.2) is 12.1 Å². The van der Waals surface area contributed by atoms with Crippen LogP contribution in [0.3, 0.4) is 0 Å². The lowest BCUT2D eigenvalue weighted by atomic mass is 10.1. The van der Waals surface area contributed by atoms with Gasteiger partial charge in [-0.15, -0.1) is 0 Å². The van der Waals surface area contributed by atoms with Gasteiger partial charge in [-0.25, -0.2) is 0 Å². The molecule has 0 aromatic heterocycles. The molecule has 3 nitrogen and oxygen atoms in total. The summed E-state index contributed by atoms with van der Waals surface area (Å²) in [5.41, 5.74) is 5.63. The quantitative estimate of drug-likeness (QED) is 0.652. The molecule has 0 atom stereocenters. The Labute approximate surface area is 115 Å². The maximum atomic E-state index is 12.1. The number of nitrogen functional groups attached to an aromatic ring is 1. The van der Waals surface area contributed by atoms with Gasteiger partial charge in [-0.3, -0.25) is 4.79 Å². The van der Waals surface area contributed by atoms with E-state index >= 15 is 0 Å². The van der Waals surface area contributed by atoms with Crippen LogP contribution >= 0.6 is 23.2 Å². The minimum atomic E-state index is -3.17. The molecule has 0 bridgehead atoms. The summed E-state index contributed by atoms with van der Waals surface area (Å²) in [5, 5.41) is 2.07. The Morgan fingerprint density at radius 1 is 1.56 bits per heavy atom. The summed E-state index contributed by atoms with van der Waals surface area (Å²) in [6.07, 6.45) is 0. The standard InChI is InChI=1S/C11H14Cl2N2O/c1-6(2)15-5-10(16)7-3-8(12)11(14)9(13)4-7/h3-4,6,15H,5,14H2,1-2H3/i1D3,2D3,6D. The van der Waals surface area contributed by atoms with Crippen molar-refractivity contribution in [3.8, 4) is 0 Å². The third-order valence-electron chi connectivity index (χ3n) is 1.83. The Balaban J connectivity index is 3.02. The summed E-state index contributed by atoms with van der Waals surface area (Å²) in [4.78, 5) is 12.1.